The fourth-order valence-corrected chi connectivity index (χ4v) is 4.35. The number of nitrogens with one attached hydrogen (secondary N) is 2. The minimum absolute atomic E-state index is 0.162. The lowest BCUT2D eigenvalue weighted by Crippen LogP contribution is -2.32. The largest absolute Gasteiger partial charge is 0.351 e. The van der Waals surface area contributed by atoms with Gasteiger partial charge in [-0.25, -0.2) is 4.98 Å². The Morgan fingerprint density at radius 1 is 1.38 bits per heavy atom. The molecule has 0 saturated carbocycles. The number of hydrogen-bond acceptors (Lipinski definition) is 4. The minimum atomic E-state index is -0.162. The van der Waals surface area contributed by atoms with Crippen LogP contribution in [-0.2, 0) is 6.54 Å². The summed E-state index contributed by atoms with van der Waals surface area (Å²) in [4.78, 5) is 22.7. The van der Waals surface area contributed by atoms with Crippen molar-refractivity contribution in [3.63, 3.8) is 0 Å². The summed E-state index contributed by atoms with van der Waals surface area (Å²) in [7, 11) is 0. The van der Waals surface area contributed by atoms with Gasteiger partial charge in [0, 0.05) is 27.3 Å². The van der Waals surface area contributed by atoms with Gasteiger partial charge in [-0.3, -0.25) is 15.0 Å². The predicted molar refractivity (Wildman–Crippen MR) is 110 cm³/mol. The number of rotatable bonds is 4. The Labute approximate surface area is 164 Å². The van der Waals surface area contributed by atoms with Gasteiger partial charge in [-0.15, -0.1) is 11.3 Å². The predicted octanol–water partition coefficient (Wildman–Crippen LogP) is 4.87. The molecule has 136 valence electrons. The van der Waals surface area contributed by atoms with E-state index in [0.29, 0.717) is 10.8 Å². The van der Waals surface area contributed by atoms with E-state index in [-0.39, 0.29) is 5.91 Å². The molecule has 4 rings (SSSR count). The number of halogens is 1. The lowest BCUT2D eigenvalue weighted by Gasteiger charge is -2.29. The second-order valence-corrected chi connectivity index (χ2v) is 8.75. The molecule has 26 heavy (non-hydrogen) atoms. The monoisotopic (exact) mass is 432 g/mol. The summed E-state index contributed by atoms with van der Waals surface area (Å²) in [6, 6.07) is 7.76. The molecule has 2 aromatic heterocycles. The number of benzene rings is 1. The van der Waals surface area contributed by atoms with Gasteiger partial charge in [-0.05, 0) is 56.1 Å². The van der Waals surface area contributed by atoms with Crippen molar-refractivity contribution in [2.24, 2.45) is 5.92 Å². The van der Waals surface area contributed by atoms with E-state index >= 15 is 0 Å². The normalized spacial score (nSPS) is 16.2. The fourth-order valence-electron chi connectivity index (χ4n) is 3.28. The van der Waals surface area contributed by atoms with Gasteiger partial charge >= 0.3 is 0 Å². The number of carbonyl (C=O) groups is 1. The van der Waals surface area contributed by atoms with Gasteiger partial charge in [0.15, 0.2) is 5.13 Å². The maximum Gasteiger partial charge on any atom is 0.273 e. The number of nitrogens with zero attached hydrogens (tertiary/aromatic N) is 2. The van der Waals surface area contributed by atoms with Crippen molar-refractivity contribution in [2.75, 3.05) is 18.4 Å². The number of H-pyrrole nitrogens is 1. The van der Waals surface area contributed by atoms with Crippen LogP contribution in [0.5, 0.6) is 0 Å². The molecule has 0 spiro atoms. The Bertz CT molecular complexity index is 927. The number of aromatic nitrogens is 2. The van der Waals surface area contributed by atoms with Crippen LogP contribution in [0.1, 0.15) is 35.9 Å². The van der Waals surface area contributed by atoms with Crippen LogP contribution in [0.25, 0.3) is 10.9 Å². The second-order valence-electron chi connectivity index (χ2n) is 6.97. The van der Waals surface area contributed by atoms with Crippen molar-refractivity contribution in [1.29, 1.82) is 0 Å². The molecule has 3 aromatic rings. The summed E-state index contributed by atoms with van der Waals surface area (Å²) in [5.74, 6) is 0.665. The van der Waals surface area contributed by atoms with Crippen molar-refractivity contribution < 1.29 is 4.79 Å². The fraction of sp³-hybridized carbons (Fsp3) is 0.368. The van der Waals surface area contributed by atoms with Gasteiger partial charge in [-0.1, -0.05) is 22.9 Å². The first-order chi connectivity index (χ1) is 12.6. The number of hydrogen-bond donors (Lipinski definition) is 2. The van der Waals surface area contributed by atoms with Crippen molar-refractivity contribution in [2.45, 2.75) is 26.3 Å². The highest BCUT2D eigenvalue weighted by Crippen LogP contribution is 2.23. The molecular weight excluding hydrogens is 412 g/mol. The topological polar surface area (TPSA) is 61.0 Å². The van der Waals surface area contributed by atoms with E-state index in [9.17, 15) is 4.79 Å². The molecule has 5 nitrogen and oxygen atoms in total. The molecule has 1 saturated heterocycles. The Hall–Kier alpha value is -1.70. The van der Waals surface area contributed by atoms with Gasteiger partial charge in [0.05, 0.1) is 5.69 Å². The third-order valence-electron chi connectivity index (χ3n) is 4.86. The van der Waals surface area contributed by atoms with Crippen LogP contribution in [0.15, 0.2) is 34.1 Å². The van der Waals surface area contributed by atoms with Crippen LogP contribution in [0.3, 0.4) is 0 Å². The van der Waals surface area contributed by atoms with Gasteiger partial charge in [0.25, 0.3) is 5.91 Å². The Morgan fingerprint density at radius 2 is 2.19 bits per heavy atom. The molecule has 1 amide bonds. The number of piperidine rings is 1. The smallest absolute Gasteiger partial charge is 0.273 e. The first kappa shape index (κ1) is 17.7. The molecule has 2 N–H and O–H groups in total. The second kappa shape index (κ2) is 7.50. The first-order valence-electron chi connectivity index (χ1n) is 8.83. The number of fused-ring (bicyclic) bond motifs is 1. The molecule has 1 aliphatic rings. The lowest BCUT2D eigenvalue weighted by atomic mass is 9.99. The Balaban J connectivity index is 1.40. The lowest BCUT2D eigenvalue weighted by molar-refractivity contribution is 0.102. The highest BCUT2D eigenvalue weighted by molar-refractivity contribution is 9.10. The van der Waals surface area contributed by atoms with Gasteiger partial charge in [0.2, 0.25) is 0 Å². The molecule has 1 aromatic carbocycles. The summed E-state index contributed by atoms with van der Waals surface area (Å²) in [6.45, 7) is 5.44. The van der Waals surface area contributed by atoms with Crippen LogP contribution in [0, 0.1) is 5.92 Å². The average Bonchev–Trinajstić information content (AvgIpc) is 3.23. The number of likely N-dealkylation sites (tertiary alicyclic amines) is 1. The highest BCUT2D eigenvalue weighted by atomic mass is 79.9. The van der Waals surface area contributed by atoms with E-state index < -0.39 is 0 Å². The molecule has 0 aliphatic carbocycles. The third-order valence-corrected chi connectivity index (χ3v) is 6.16. The number of carbonyl (C=O) groups excluding carboxylic acids is 1. The van der Waals surface area contributed by atoms with Crippen LogP contribution in [-0.4, -0.2) is 33.9 Å². The van der Waals surface area contributed by atoms with Crippen molar-refractivity contribution in [1.82, 2.24) is 14.9 Å². The Kier molecular flexibility index (Phi) is 5.11. The van der Waals surface area contributed by atoms with E-state index in [0.717, 1.165) is 46.6 Å². The Morgan fingerprint density at radius 3 is 3.00 bits per heavy atom. The summed E-state index contributed by atoms with van der Waals surface area (Å²) in [5.41, 5.74) is 2.51. The molecule has 0 radical (unpaired) electrons. The van der Waals surface area contributed by atoms with Gasteiger partial charge in [-0.2, -0.15) is 0 Å². The standard InChI is InChI=1S/C19H21BrN4OS/c1-12-4-6-24(7-5-12)10-15-11-26-19(21-15)23-18(25)17-9-13-8-14(20)2-3-16(13)22-17/h2-3,8-9,11-12,22H,4-7,10H2,1H3,(H,21,23,25). The van der Waals surface area contributed by atoms with E-state index in [1.165, 1.54) is 24.2 Å². The molecule has 7 heteroatoms. The maximum absolute atomic E-state index is 12.5. The zero-order chi connectivity index (χ0) is 18.1. The molecule has 0 unspecified atom stereocenters. The molecule has 0 atom stereocenters. The summed E-state index contributed by atoms with van der Waals surface area (Å²) in [6.07, 6.45) is 2.51. The van der Waals surface area contributed by atoms with Crippen LogP contribution >= 0.6 is 27.3 Å². The van der Waals surface area contributed by atoms with Crippen molar-refractivity contribution in [3.8, 4) is 0 Å². The zero-order valence-electron chi connectivity index (χ0n) is 14.6. The van der Waals surface area contributed by atoms with Crippen LogP contribution in [0.2, 0.25) is 0 Å². The van der Waals surface area contributed by atoms with Crippen LogP contribution in [0.4, 0.5) is 5.13 Å². The van der Waals surface area contributed by atoms with Crippen molar-refractivity contribution in [3.05, 3.63) is 45.5 Å². The molecule has 1 fully saturated rings. The number of anilines is 1. The van der Waals surface area contributed by atoms with E-state index in [1.54, 1.807) is 0 Å². The molecule has 3 heterocycles. The van der Waals surface area contributed by atoms with E-state index in [2.05, 4.69) is 43.0 Å². The van der Waals surface area contributed by atoms with Crippen molar-refractivity contribution >= 4 is 49.2 Å². The number of amides is 1. The number of thiazole rings is 1. The summed E-state index contributed by atoms with van der Waals surface area (Å²) < 4.78 is 0.993. The van der Waals surface area contributed by atoms with Crippen LogP contribution < -0.4 is 5.32 Å². The molecule has 0 bridgehead atoms. The maximum atomic E-state index is 12.5. The SMILES string of the molecule is CC1CCN(Cc2csc(NC(=O)c3cc4cc(Br)ccc4[nH]3)n2)CC1. The third kappa shape index (κ3) is 4.00. The highest BCUT2D eigenvalue weighted by Gasteiger charge is 2.17. The van der Waals surface area contributed by atoms with E-state index in [1.807, 2.05) is 29.6 Å². The van der Waals surface area contributed by atoms with E-state index in [4.69, 9.17) is 0 Å². The molecular formula is C19H21BrN4OS. The quantitative estimate of drug-likeness (QED) is 0.617. The first-order valence-corrected chi connectivity index (χ1v) is 10.5. The zero-order valence-corrected chi connectivity index (χ0v) is 17.0. The summed E-state index contributed by atoms with van der Waals surface area (Å²) in [5, 5.41) is 6.59. The minimum Gasteiger partial charge on any atom is -0.351 e. The van der Waals surface area contributed by atoms with Gasteiger partial charge in [0.1, 0.15) is 5.69 Å². The average molecular weight is 433 g/mol. The number of aromatic amines is 1. The summed E-state index contributed by atoms with van der Waals surface area (Å²) >= 11 is 4.93. The van der Waals surface area contributed by atoms with Gasteiger partial charge < -0.3 is 4.98 Å². The molecule has 1 aliphatic heterocycles.